The van der Waals surface area contributed by atoms with Gasteiger partial charge < -0.3 is 5.32 Å². The highest BCUT2D eigenvalue weighted by Crippen LogP contribution is 2.19. The highest BCUT2D eigenvalue weighted by molar-refractivity contribution is 7.93. The average Bonchev–Trinajstić information content (AvgIpc) is 2.33. The fraction of sp³-hybridized carbons (Fsp3) is 0.500. The van der Waals surface area contributed by atoms with Gasteiger partial charge in [0.15, 0.2) is 5.82 Å². The number of anilines is 1. The Morgan fingerprint density at radius 1 is 1.41 bits per heavy atom. The second kappa shape index (κ2) is 4.97. The minimum atomic E-state index is -3.52. The highest BCUT2D eigenvalue weighted by Gasteiger charge is 2.27. The zero-order valence-electron chi connectivity index (χ0n) is 9.19. The van der Waals surface area contributed by atoms with E-state index in [4.69, 9.17) is 0 Å². The number of aromatic nitrogens is 1. The summed E-state index contributed by atoms with van der Waals surface area (Å²) in [6.07, 6.45) is 3.42. The first-order valence-electron chi connectivity index (χ1n) is 5.41. The van der Waals surface area contributed by atoms with Crippen molar-refractivity contribution in [2.75, 3.05) is 17.8 Å². The summed E-state index contributed by atoms with van der Waals surface area (Å²) in [6, 6.07) is 1.31. The maximum Gasteiger partial charge on any atom is 0.235 e. The fourth-order valence-corrected chi connectivity index (χ4v) is 3.30. The molecule has 1 aromatic rings. The van der Waals surface area contributed by atoms with Crippen molar-refractivity contribution in [2.45, 2.75) is 18.1 Å². The van der Waals surface area contributed by atoms with Crippen LogP contribution < -0.4 is 10.0 Å². The molecule has 5 nitrogen and oxygen atoms in total. The molecule has 2 rings (SSSR count). The van der Waals surface area contributed by atoms with Crippen LogP contribution >= 0.6 is 0 Å². The van der Waals surface area contributed by atoms with Gasteiger partial charge in [0.1, 0.15) is 0 Å². The van der Waals surface area contributed by atoms with Crippen molar-refractivity contribution in [3.8, 4) is 0 Å². The van der Waals surface area contributed by atoms with Gasteiger partial charge in [-0.1, -0.05) is 0 Å². The third-order valence-corrected chi connectivity index (χ3v) is 4.60. The first-order valence-corrected chi connectivity index (χ1v) is 6.96. The van der Waals surface area contributed by atoms with E-state index in [9.17, 15) is 12.8 Å². The Balaban J connectivity index is 2.14. The monoisotopic (exact) mass is 259 g/mol. The topological polar surface area (TPSA) is 71.1 Å². The molecule has 7 heteroatoms. The van der Waals surface area contributed by atoms with Crippen molar-refractivity contribution < 1.29 is 12.8 Å². The number of piperidine rings is 1. The molecular formula is C10H14FN3O2S. The van der Waals surface area contributed by atoms with Crippen molar-refractivity contribution in [1.29, 1.82) is 0 Å². The van der Waals surface area contributed by atoms with Crippen LogP contribution in [0.1, 0.15) is 12.8 Å². The normalized spacial score (nSPS) is 17.9. The molecule has 0 amide bonds. The summed E-state index contributed by atoms with van der Waals surface area (Å²) >= 11 is 0. The molecule has 94 valence electrons. The molecule has 0 radical (unpaired) electrons. The number of halogens is 1. The molecule has 1 aliphatic heterocycles. The van der Waals surface area contributed by atoms with Gasteiger partial charge in [-0.2, -0.15) is 0 Å². The summed E-state index contributed by atoms with van der Waals surface area (Å²) in [7, 11) is -3.52. The molecule has 0 atom stereocenters. The summed E-state index contributed by atoms with van der Waals surface area (Å²) in [6.45, 7) is 1.34. The van der Waals surface area contributed by atoms with Crippen LogP contribution in [0.2, 0.25) is 0 Å². The molecule has 0 spiro atoms. The molecule has 2 N–H and O–H groups in total. The summed E-state index contributed by atoms with van der Waals surface area (Å²) in [5.74, 6) is -0.662. The minimum absolute atomic E-state index is 0.0430. The van der Waals surface area contributed by atoms with E-state index in [2.05, 4.69) is 15.0 Å². The number of nitrogens with zero attached hydrogens (tertiary/aromatic N) is 1. The number of pyridine rings is 1. The molecule has 2 heterocycles. The lowest BCUT2D eigenvalue weighted by Crippen LogP contribution is -2.38. The van der Waals surface area contributed by atoms with Gasteiger partial charge in [0.05, 0.1) is 17.1 Å². The van der Waals surface area contributed by atoms with Crippen LogP contribution in [-0.4, -0.2) is 31.7 Å². The van der Waals surface area contributed by atoms with Crippen LogP contribution in [0.25, 0.3) is 0 Å². The van der Waals surface area contributed by atoms with Crippen molar-refractivity contribution in [3.63, 3.8) is 0 Å². The molecule has 1 saturated heterocycles. The van der Waals surface area contributed by atoms with Gasteiger partial charge in [0.25, 0.3) is 0 Å². The fourth-order valence-electron chi connectivity index (χ4n) is 1.80. The van der Waals surface area contributed by atoms with Crippen molar-refractivity contribution in [2.24, 2.45) is 0 Å². The van der Waals surface area contributed by atoms with Gasteiger partial charge in [-0.3, -0.25) is 9.71 Å². The van der Waals surface area contributed by atoms with Crippen LogP contribution in [0, 0.1) is 5.82 Å². The van der Waals surface area contributed by atoms with E-state index in [-0.39, 0.29) is 5.69 Å². The standard InChI is InChI=1S/C10H14FN3O2S/c11-9-7-13-6-3-10(9)14-17(15,16)8-1-4-12-5-2-8/h3,6-8,12H,1-2,4-5H2,(H,13,14). The van der Waals surface area contributed by atoms with Crippen LogP contribution in [0.3, 0.4) is 0 Å². The Morgan fingerprint density at radius 3 is 2.76 bits per heavy atom. The number of hydrogen-bond acceptors (Lipinski definition) is 4. The van der Waals surface area contributed by atoms with Gasteiger partial charge in [0, 0.05) is 6.20 Å². The van der Waals surface area contributed by atoms with Crippen molar-refractivity contribution >= 4 is 15.7 Å². The number of hydrogen-bond donors (Lipinski definition) is 2. The zero-order valence-corrected chi connectivity index (χ0v) is 10.0. The zero-order chi connectivity index (χ0) is 12.3. The van der Waals surface area contributed by atoms with Crippen molar-refractivity contribution in [1.82, 2.24) is 10.3 Å². The van der Waals surface area contributed by atoms with Crippen LogP contribution in [0.15, 0.2) is 18.5 Å². The molecule has 0 unspecified atom stereocenters. The summed E-state index contributed by atoms with van der Waals surface area (Å²) < 4.78 is 39.5. The largest absolute Gasteiger partial charge is 0.317 e. The lowest BCUT2D eigenvalue weighted by Gasteiger charge is -2.23. The van der Waals surface area contributed by atoms with E-state index in [1.54, 1.807) is 0 Å². The quantitative estimate of drug-likeness (QED) is 0.839. The Morgan fingerprint density at radius 2 is 2.12 bits per heavy atom. The summed E-state index contributed by atoms with van der Waals surface area (Å²) in [5, 5.41) is 2.62. The Bertz CT molecular complexity index is 486. The molecule has 0 saturated carbocycles. The highest BCUT2D eigenvalue weighted by atomic mass is 32.2. The molecule has 0 aromatic carbocycles. The van der Waals surface area contributed by atoms with E-state index in [0.717, 1.165) is 6.20 Å². The number of sulfonamides is 1. The first-order chi connectivity index (χ1) is 8.09. The van der Waals surface area contributed by atoms with Gasteiger partial charge >= 0.3 is 0 Å². The van der Waals surface area contributed by atoms with Crippen LogP contribution in [-0.2, 0) is 10.0 Å². The van der Waals surface area contributed by atoms with E-state index in [1.807, 2.05) is 0 Å². The SMILES string of the molecule is O=S(=O)(Nc1ccncc1F)C1CCNCC1. The second-order valence-corrected chi connectivity index (χ2v) is 5.91. The lowest BCUT2D eigenvalue weighted by atomic mass is 10.2. The number of nitrogens with one attached hydrogen (secondary N) is 2. The summed E-state index contributed by atoms with van der Waals surface area (Å²) in [4.78, 5) is 3.57. The molecule has 0 aliphatic carbocycles. The second-order valence-electron chi connectivity index (χ2n) is 3.95. The molecule has 0 bridgehead atoms. The first kappa shape index (κ1) is 12.3. The predicted molar refractivity (Wildman–Crippen MR) is 62.6 cm³/mol. The Hall–Kier alpha value is -1.21. The van der Waals surface area contributed by atoms with Gasteiger partial charge in [-0.05, 0) is 32.0 Å². The van der Waals surface area contributed by atoms with Crippen molar-refractivity contribution in [3.05, 3.63) is 24.3 Å². The van der Waals surface area contributed by atoms with E-state index in [0.29, 0.717) is 25.9 Å². The molecule has 1 fully saturated rings. The van der Waals surface area contributed by atoms with Gasteiger partial charge in [-0.25, -0.2) is 12.8 Å². The van der Waals surface area contributed by atoms with Gasteiger partial charge in [-0.15, -0.1) is 0 Å². The minimum Gasteiger partial charge on any atom is -0.317 e. The maximum atomic E-state index is 13.3. The maximum absolute atomic E-state index is 13.3. The molecular weight excluding hydrogens is 245 g/mol. The van der Waals surface area contributed by atoms with Crippen LogP contribution in [0.4, 0.5) is 10.1 Å². The third-order valence-electron chi connectivity index (χ3n) is 2.75. The predicted octanol–water partition coefficient (Wildman–Crippen LogP) is 0.714. The van der Waals surface area contributed by atoms with E-state index < -0.39 is 21.1 Å². The average molecular weight is 259 g/mol. The third kappa shape index (κ3) is 2.92. The van der Waals surface area contributed by atoms with Crippen LogP contribution in [0.5, 0.6) is 0 Å². The molecule has 17 heavy (non-hydrogen) atoms. The van der Waals surface area contributed by atoms with E-state index in [1.165, 1.54) is 12.3 Å². The Kier molecular flexibility index (Phi) is 3.58. The van der Waals surface area contributed by atoms with Gasteiger partial charge in [0.2, 0.25) is 10.0 Å². The number of rotatable bonds is 3. The molecule has 1 aromatic heterocycles. The lowest BCUT2D eigenvalue weighted by molar-refractivity contribution is 0.498. The summed E-state index contributed by atoms with van der Waals surface area (Å²) in [5.41, 5.74) is -0.0430. The smallest absolute Gasteiger partial charge is 0.235 e. The molecule has 1 aliphatic rings. The van der Waals surface area contributed by atoms with E-state index >= 15 is 0 Å². The Labute approximate surface area is 99.5 Å².